The maximum atomic E-state index is 12.1. The largest absolute Gasteiger partial charge is 0.496 e. The highest BCUT2D eigenvalue weighted by molar-refractivity contribution is 7.12. The quantitative estimate of drug-likeness (QED) is 0.382. The fourth-order valence-corrected chi connectivity index (χ4v) is 3.51. The molecule has 0 saturated carbocycles. The zero-order valence-electron chi connectivity index (χ0n) is 15.7. The van der Waals surface area contributed by atoms with Gasteiger partial charge < -0.3 is 9.47 Å². The molecule has 3 rings (SSSR count). The number of methoxy groups -OCH3 is 1. The Morgan fingerprint density at radius 3 is 2.52 bits per heavy atom. The lowest BCUT2D eigenvalue weighted by atomic mass is 10.1. The summed E-state index contributed by atoms with van der Waals surface area (Å²) in [5.74, 6) is 1.67. The third-order valence-corrected chi connectivity index (χ3v) is 5.16. The highest BCUT2D eigenvalue weighted by Crippen LogP contribution is 2.27. The molecule has 138 valence electrons. The zero-order valence-corrected chi connectivity index (χ0v) is 16.5. The van der Waals surface area contributed by atoms with Crippen molar-refractivity contribution in [3.05, 3.63) is 87.1 Å². The molecule has 1 aromatic heterocycles. The van der Waals surface area contributed by atoms with Gasteiger partial charge in [0.1, 0.15) is 18.1 Å². The minimum Gasteiger partial charge on any atom is -0.496 e. The van der Waals surface area contributed by atoms with Crippen molar-refractivity contribution in [2.24, 2.45) is 0 Å². The van der Waals surface area contributed by atoms with Gasteiger partial charge in [0.25, 0.3) is 0 Å². The summed E-state index contributed by atoms with van der Waals surface area (Å²) in [5, 5.41) is 1.90. The number of ether oxygens (including phenoxy) is 2. The standard InChI is InChI=1S/C23H22O3S/c1-16-6-4-7-17(2)23(16)26-15-19-14-18(10-12-21(19)25-3)9-11-20(24)22-8-5-13-27-22/h4-14H,15H2,1-3H3/b11-9+. The van der Waals surface area contributed by atoms with Gasteiger partial charge in [-0.2, -0.15) is 0 Å². The predicted octanol–water partition coefficient (Wildman–Crippen LogP) is 5.85. The van der Waals surface area contributed by atoms with Crippen LogP contribution < -0.4 is 9.47 Å². The van der Waals surface area contributed by atoms with Gasteiger partial charge in [0, 0.05) is 5.56 Å². The second kappa shape index (κ2) is 8.69. The van der Waals surface area contributed by atoms with Gasteiger partial charge in [-0.1, -0.05) is 36.4 Å². The minimum absolute atomic E-state index is 0.00848. The van der Waals surface area contributed by atoms with Crippen LogP contribution in [0.2, 0.25) is 0 Å². The molecule has 27 heavy (non-hydrogen) atoms. The van der Waals surface area contributed by atoms with Gasteiger partial charge >= 0.3 is 0 Å². The van der Waals surface area contributed by atoms with E-state index < -0.39 is 0 Å². The van der Waals surface area contributed by atoms with Gasteiger partial charge in [0.05, 0.1) is 12.0 Å². The number of hydrogen-bond acceptors (Lipinski definition) is 4. The summed E-state index contributed by atoms with van der Waals surface area (Å²) in [5.41, 5.74) is 4.07. The Morgan fingerprint density at radius 1 is 1.07 bits per heavy atom. The second-order valence-corrected chi connectivity index (χ2v) is 7.20. The summed E-state index contributed by atoms with van der Waals surface area (Å²) in [7, 11) is 1.65. The van der Waals surface area contributed by atoms with Crippen molar-refractivity contribution in [3.8, 4) is 11.5 Å². The highest BCUT2D eigenvalue weighted by atomic mass is 32.1. The fourth-order valence-electron chi connectivity index (χ4n) is 2.86. The van der Waals surface area contributed by atoms with Crippen LogP contribution in [0, 0.1) is 13.8 Å². The van der Waals surface area contributed by atoms with Crippen LogP contribution in [0.25, 0.3) is 6.08 Å². The van der Waals surface area contributed by atoms with Crippen molar-refractivity contribution in [2.45, 2.75) is 20.5 Å². The molecule has 2 aromatic carbocycles. The van der Waals surface area contributed by atoms with Crippen molar-refractivity contribution in [2.75, 3.05) is 7.11 Å². The predicted molar refractivity (Wildman–Crippen MR) is 111 cm³/mol. The fraction of sp³-hybridized carbons (Fsp3) is 0.174. The van der Waals surface area contributed by atoms with Crippen LogP contribution in [-0.4, -0.2) is 12.9 Å². The molecule has 0 spiro atoms. The summed E-state index contributed by atoms with van der Waals surface area (Å²) < 4.78 is 11.5. The number of carbonyl (C=O) groups is 1. The van der Waals surface area contributed by atoms with E-state index in [4.69, 9.17) is 9.47 Å². The first kappa shape index (κ1) is 18.9. The van der Waals surface area contributed by atoms with E-state index >= 15 is 0 Å². The molecular weight excluding hydrogens is 356 g/mol. The van der Waals surface area contributed by atoms with E-state index in [-0.39, 0.29) is 5.78 Å². The molecule has 0 atom stereocenters. The maximum Gasteiger partial charge on any atom is 0.195 e. The lowest BCUT2D eigenvalue weighted by Crippen LogP contribution is -2.01. The molecule has 0 aliphatic heterocycles. The average molecular weight is 378 g/mol. The van der Waals surface area contributed by atoms with Gasteiger partial charge in [0.15, 0.2) is 5.78 Å². The lowest BCUT2D eigenvalue weighted by Gasteiger charge is -2.14. The third-order valence-electron chi connectivity index (χ3n) is 4.28. The van der Waals surface area contributed by atoms with Crippen LogP contribution >= 0.6 is 11.3 Å². The SMILES string of the molecule is COc1ccc(/C=C/C(=O)c2cccs2)cc1COc1c(C)cccc1C. The van der Waals surface area contributed by atoms with Crippen LogP contribution in [0.5, 0.6) is 11.5 Å². The molecule has 0 radical (unpaired) electrons. The number of benzene rings is 2. The number of rotatable bonds is 7. The van der Waals surface area contributed by atoms with Crippen LogP contribution in [-0.2, 0) is 6.61 Å². The summed E-state index contributed by atoms with van der Waals surface area (Å²) in [4.78, 5) is 12.9. The monoisotopic (exact) mass is 378 g/mol. The molecule has 0 saturated heterocycles. The van der Waals surface area contributed by atoms with Crippen LogP contribution in [0.15, 0.2) is 60.0 Å². The van der Waals surface area contributed by atoms with Crippen molar-refractivity contribution >= 4 is 23.2 Å². The summed E-state index contributed by atoms with van der Waals surface area (Å²) >= 11 is 1.44. The number of carbonyl (C=O) groups excluding carboxylic acids is 1. The number of ketones is 1. The number of allylic oxidation sites excluding steroid dienone is 1. The van der Waals surface area contributed by atoms with E-state index in [1.54, 1.807) is 13.2 Å². The summed E-state index contributed by atoms with van der Waals surface area (Å²) in [6.07, 6.45) is 3.42. The van der Waals surface area contributed by atoms with Crippen molar-refractivity contribution in [1.82, 2.24) is 0 Å². The molecular formula is C23H22O3S. The Labute approximate surface area is 163 Å². The molecule has 0 fully saturated rings. The molecule has 4 heteroatoms. The van der Waals surface area contributed by atoms with Gasteiger partial charge in [-0.05, 0) is 60.2 Å². The Morgan fingerprint density at radius 2 is 1.85 bits per heavy atom. The smallest absolute Gasteiger partial charge is 0.195 e. The normalized spacial score (nSPS) is 10.9. The molecule has 3 aromatic rings. The van der Waals surface area contributed by atoms with E-state index in [0.29, 0.717) is 6.61 Å². The van der Waals surface area contributed by atoms with Crippen LogP contribution in [0.4, 0.5) is 0 Å². The van der Waals surface area contributed by atoms with E-state index in [1.165, 1.54) is 11.3 Å². The van der Waals surface area contributed by atoms with Crippen molar-refractivity contribution in [3.63, 3.8) is 0 Å². The van der Waals surface area contributed by atoms with Gasteiger partial charge in [0.2, 0.25) is 0 Å². The Bertz CT molecular complexity index is 936. The lowest BCUT2D eigenvalue weighted by molar-refractivity contribution is 0.105. The minimum atomic E-state index is 0.00848. The first-order valence-corrected chi connectivity index (χ1v) is 9.58. The molecule has 0 aliphatic carbocycles. The first-order chi connectivity index (χ1) is 13.1. The second-order valence-electron chi connectivity index (χ2n) is 6.26. The zero-order chi connectivity index (χ0) is 19.2. The Kier molecular flexibility index (Phi) is 6.09. The number of para-hydroxylation sites is 1. The van der Waals surface area contributed by atoms with E-state index in [9.17, 15) is 4.79 Å². The molecule has 0 bridgehead atoms. The molecule has 0 N–H and O–H groups in total. The Balaban J connectivity index is 1.78. The summed E-state index contributed by atoms with van der Waals surface area (Å²) in [6, 6.07) is 15.6. The molecule has 0 aliphatic rings. The van der Waals surface area contributed by atoms with Gasteiger partial charge in [-0.3, -0.25) is 4.79 Å². The average Bonchev–Trinajstić information content (AvgIpc) is 3.20. The molecule has 0 amide bonds. The number of hydrogen-bond donors (Lipinski definition) is 0. The number of thiophene rings is 1. The highest BCUT2D eigenvalue weighted by Gasteiger charge is 2.08. The maximum absolute atomic E-state index is 12.1. The topological polar surface area (TPSA) is 35.5 Å². The summed E-state index contributed by atoms with van der Waals surface area (Å²) in [6.45, 7) is 4.47. The molecule has 3 nitrogen and oxygen atoms in total. The van der Waals surface area contributed by atoms with Crippen molar-refractivity contribution in [1.29, 1.82) is 0 Å². The van der Waals surface area contributed by atoms with Crippen LogP contribution in [0.3, 0.4) is 0 Å². The van der Waals surface area contributed by atoms with Crippen LogP contribution in [0.1, 0.15) is 31.9 Å². The molecule has 1 heterocycles. The van der Waals surface area contributed by atoms with Gasteiger partial charge in [-0.25, -0.2) is 0 Å². The van der Waals surface area contributed by atoms with E-state index in [0.717, 1.165) is 38.6 Å². The molecule has 0 unspecified atom stereocenters. The third kappa shape index (κ3) is 4.66. The van der Waals surface area contributed by atoms with E-state index in [1.807, 2.05) is 73.8 Å². The van der Waals surface area contributed by atoms with Gasteiger partial charge in [-0.15, -0.1) is 11.3 Å². The Hall–Kier alpha value is -2.85. The van der Waals surface area contributed by atoms with Crippen molar-refractivity contribution < 1.29 is 14.3 Å². The number of aryl methyl sites for hydroxylation is 2. The first-order valence-electron chi connectivity index (χ1n) is 8.70. The van der Waals surface area contributed by atoms with E-state index in [2.05, 4.69) is 0 Å².